The van der Waals surface area contributed by atoms with Gasteiger partial charge in [-0.3, -0.25) is 0 Å². The van der Waals surface area contributed by atoms with Crippen LogP contribution in [-0.4, -0.2) is 24.5 Å². The van der Waals surface area contributed by atoms with Gasteiger partial charge in [0.2, 0.25) is 0 Å². The lowest BCUT2D eigenvalue weighted by molar-refractivity contribution is 0.178. The van der Waals surface area contributed by atoms with Crippen LogP contribution in [0.15, 0.2) is 24.3 Å². The van der Waals surface area contributed by atoms with Crippen molar-refractivity contribution in [2.24, 2.45) is 5.92 Å². The van der Waals surface area contributed by atoms with Crippen molar-refractivity contribution in [1.82, 2.24) is 4.90 Å². The Hall–Kier alpha value is -0.560. The van der Waals surface area contributed by atoms with Crippen LogP contribution in [0.5, 0.6) is 0 Å². The van der Waals surface area contributed by atoms with Crippen molar-refractivity contribution in [3.05, 3.63) is 24.3 Å². The molecule has 0 radical (unpaired) electrons. The van der Waals surface area contributed by atoms with Gasteiger partial charge in [-0.05, 0) is 96.2 Å². The lowest BCUT2D eigenvalue weighted by Gasteiger charge is -2.31. The summed E-state index contributed by atoms with van der Waals surface area (Å²) in [6.45, 7) is 12.9. The number of unbranched alkanes of at least 4 members (excludes halogenated alkanes) is 11. The SMILES string of the molecule is C=C(CCCCCCC/C=C\CCCCCCCC)CCCC1CCN(CCC)CC1. The highest BCUT2D eigenvalue weighted by atomic mass is 15.1. The van der Waals surface area contributed by atoms with Gasteiger partial charge in [-0.15, -0.1) is 0 Å². The van der Waals surface area contributed by atoms with E-state index < -0.39 is 0 Å². The summed E-state index contributed by atoms with van der Waals surface area (Å²) in [5.41, 5.74) is 1.51. The van der Waals surface area contributed by atoms with Crippen LogP contribution in [0.1, 0.15) is 142 Å². The zero-order chi connectivity index (χ0) is 22.4. The molecule has 1 heterocycles. The topological polar surface area (TPSA) is 3.24 Å². The second kappa shape index (κ2) is 21.3. The third-order valence-corrected chi connectivity index (χ3v) is 7.18. The van der Waals surface area contributed by atoms with Gasteiger partial charge in [0.15, 0.2) is 0 Å². The summed E-state index contributed by atoms with van der Waals surface area (Å²) in [5, 5.41) is 0. The second-order valence-corrected chi connectivity index (χ2v) is 10.3. The van der Waals surface area contributed by atoms with Gasteiger partial charge in [-0.1, -0.05) is 95.9 Å². The Kier molecular flexibility index (Phi) is 19.6. The largest absolute Gasteiger partial charge is 0.303 e. The number of piperidine rings is 1. The molecule has 0 unspecified atom stereocenters. The first-order valence-electron chi connectivity index (χ1n) is 14.3. The molecule has 0 atom stereocenters. The number of allylic oxidation sites excluding steroid dienone is 3. The molecule has 1 fully saturated rings. The van der Waals surface area contributed by atoms with E-state index in [-0.39, 0.29) is 0 Å². The van der Waals surface area contributed by atoms with E-state index in [1.165, 1.54) is 154 Å². The Labute approximate surface area is 197 Å². The first-order valence-corrected chi connectivity index (χ1v) is 14.3. The minimum Gasteiger partial charge on any atom is -0.303 e. The molecule has 31 heavy (non-hydrogen) atoms. The molecule has 1 aliphatic heterocycles. The van der Waals surface area contributed by atoms with E-state index in [0.29, 0.717) is 0 Å². The summed E-state index contributed by atoms with van der Waals surface area (Å²) in [5.74, 6) is 0.987. The zero-order valence-corrected chi connectivity index (χ0v) is 21.6. The average Bonchev–Trinajstić information content (AvgIpc) is 2.78. The van der Waals surface area contributed by atoms with Gasteiger partial charge in [0.25, 0.3) is 0 Å². The van der Waals surface area contributed by atoms with E-state index in [1.807, 2.05) is 0 Å². The smallest absolute Gasteiger partial charge is 0.00161 e. The quantitative estimate of drug-likeness (QED) is 0.129. The van der Waals surface area contributed by atoms with Crippen LogP contribution in [0.4, 0.5) is 0 Å². The van der Waals surface area contributed by atoms with Gasteiger partial charge < -0.3 is 4.90 Å². The van der Waals surface area contributed by atoms with Gasteiger partial charge in [0.1, 0.15) is 0 Å². The molecular weight excluding hydrogens is 374 g/mol. The molecule has 1 heteroatoms. The van der Waals surface area contributed by atoms with Gasteiger partial charge in [0.05, 0.1) is 0 Å². The summed E-state index contributed by atoms with van der Waals surface area (Å²) >= 11 is 0. The highest BCUT2D eigenvalue weighted by molar-refractivity contribution is 4.93. The van der Waals surface area contributed by atoms with Crippen LogP contribution < -0.4 is 0 Å². The fourth-order valence-electron chi connectivity index (χ4n) is 5.03. The monoisotopic (exact) mass is 431 g/mol. The molecule has 0 aromatic heterocycles. The van der Waals surface area contributed by atoms with Gasteiger partial charge in [-0.2, -0.15) is 0 Å². The Morgan fingerprint density at radius 1 is 0.710 bits per heavy atom. The van der Waals surface area contributed by atoms with E-state index >= 15 is 0 Å². The molecule has 182 valence electrons. The average molecular weight is 432 g/mol. The molecule has 0 amide bonds. The van der Waals surface area contributed by atoms with Crippen molar-refractivity contribution in [2.75, 3.05) is 19.6 Å². The minimum atomic E-state index is 0.987. The second-order valence-electron chi connectivity index (χ2n) is 10.3. The Morgan fingerprint density at radius 2 is 1.26 bits per heavy atom. The number of likely N-dealkylation sites (tertiary alicyclic amines) is 1. The summed E-state index contributed by atoms with van der Waals surface area (Å²) in [7, 11) is 0. The molecule has 1 rings (SSSR count). The van der Waals surface area contributed by atoms with Crippen LogP contribution in [0, 0.1) is 5.92 Å². The molecule has 0 aromatic rings. The predicted molar refractivity (Wildman–Crippen MR) is 142 cm³/mol. The highest BCUT2D eigenvalue weighted by Crippen LogP contribution is 2.24. The molecular formula is C30H57N. The predicted octanol–water partition coefficient (Wildman–Crippen LogP) is 9.87. The van der Waals surface area contributed by atoms with Crippen molar-refractivity contribution in [1.29, 1.82) is 0 Å². The van der Waals surface area contributed by atoms with Crippen LogP contribution in [0.3, 0.4) is 0 Å². The lowest BCUT2D eigenvalue weighted by Crippen LogP contribution is -2.34. The molecule has 0 N–H and O–H groups in total. The molecule has 1 aliphatic rings. The van der Waals surface area contributed by atoms with E-state index in [1.54, 1.807) is 0 Å². The summed E-state index contributed by atoms with van der Waals surface area (Å²) in [4.78, 5) is 2.65. The fourth-order valence-corrected chi connectivity index (χ4v) is 5.03. The van der Waals surface area contributed by atoms with Gasteiger partial charge >= 0.3 is 0 Å². The van der Waals surface area contributed by atoms with Crippen molar-refractivity contribution < 1.29 is 0 Å². The third-order valence-electron chi connectivity index (χ3n) is 7.18. The summed E-state index contributed by atoms with van der Waals surface area (Å²) in [6, 6.07) is 0. The zero-order valence-electron chi connectivity index (χ0n) is 21.6. The molecule has 1 saturated heterocycles. The summed E-state index contributed by atoms with van der Waals surface area (Å²) in [6.07, 6.45) is 32.4. The lowest BCUT2D eigenvalue weighted by atomic mass is 9.90. The highest BCUT2D eigenvalue weighted by Gasteiger charge is 2.17. The molecule has 0 aromatic carbocycles. The number of nitrogens with zero attached hydrogens (tertiary/aromatic N) is 1. The van der Waals surface area contributed by atoms with E-state index in [4.69, 9.17) is 0 Å². The maximum Gasteiger partial charge on any atom is -0.00161 e. The molecule has 0 saturated carbocycles. The van der Waals surface area contributed by atoms with Crippen molar-refractivity contribution in [2.45, 2.75) is 142 Å². The standard InChI is InChI=1S/C30H57N/c1-4-6-7-8-9-10-11-12-13-14-15-16-17-18-19-21-29(3)22-20-23-30-24-27-31(26-5-2)28-25-30/h12-13,30H,3-11,14-28H2,1-2H3/b13-12-. The van der Waals surface area contributed by atoms with E-state index in [2.05, 4.69) is 37.5 Å². The fraction of sp³-hybridized carbons (Fsp3) is 0.867. The van der Waals surface area contributed by atoms with Gasteiger partial charge in [0, 0.05) is 0 Å². The number of hydrogen-bond donors (Lipinski definition) is 0. The maximum atomic E-state index is 4.36. The Balaban J connectivity index is 1.81. The van der Waals surface area contributed by atoms with E-state index in [9.17, 15) is 0 Å². The number of hydrogen-bond acceptors (Lipinski definition) is 1. The Bertz CT molecular complexity index is 416. The first kappa shape index (κ1) is 28.5. The summed E-state index contributed by atoms with van der Waals surface area (Å²) < 4.78 is 0. The third kappa shape index (κ3) is 17.6. The first-order chi connectivity index (χ1) is 15.3. The minimum absolute atomic E-state index is 0.987. The van der Waals surface area contributed by atoms with Crippen LogP contribution >= 0.6 is 0 Å². The van der Waals surface area contributed by atoms with Crippen molar-refractivity contribution in [3.63, 3.8) is 0 Å². The van der Waals surface area contributed by atoms with Crippen LogP contribution in [0.25, 0.3) is 0 Å². The molecule has 0 spiro atoms. The molecule has 1 nitrogen and oxygen atoms in total. The van der Waals surface area contributed by atoms with Gasteiger partial charge in [-0.25, -0.2) is 0 Å². The maximum absolute atomic E-state index is 4.36. The molecule has 0 aliphatic carbocycles. The normalized spacial score (nSPS) is 15.8. The molecule has 0 bridgehead atoms. The van der Waals surface area contributed by atoms with Crippen molar-refractivity contribution in [3.8, 4) is 0 Å². The van der Waals surface area contributed by atoms with Crippen LogP contribution in [0.2, 0.25) is 0 Å². The van der Waals surface area contributed by atoms with Crippen molar-refractivity contribution >= 4 is 0 Å². The van der Waals surface area contributed by atoms with E-state index in [0.717, 1.165) is 5.92 Å². The van der Waals surface area contributed by atoms with Crippen LogP contribution in [-0.2, 0) is 0 Å². The number of rotatable bonds is 21. The Morgan fingerprint density at radius 3 is 1.87 bits per heavy atom.